The van der Waals surface area contributed by atoms with Gasteiger partial charge in [-0.1, -0.05) is 35.5 Å². The van der Waals surface area contributed by atoms with Crippen LogP contribution in [0.3, 0.4) is 0 Å². The van der Waals surface area contributed by atoms with E-state index in [0.717, 1.165) is 24.8 Å². The summed E-state index contributed by atoms with van der Waals surface area (Å²) in [6, 6.07) is 14.7. The van der Waals surface area contributed by atoms with Gasteiger partial charge in [0.1, 0.15) is 6.04 Å². The van der Waals surface area contributed by atoms with Crippen LogP contribution < -0.4 is 9.47 Å². The van der Waals surface area contributed by atoms with Crippen molar-refractivity contribution in [3.8, 4) is 22.9 Å². The summed E-state index contributed by atoms with van der Waals surface area (Å²) in [7, 11) is 0. The molecule has 3 heterocycles. The minimum atomic E-state index is -0.225. The van der Waals surface area contributed by atoms with Gasteiger partial charge in [-0.2, -0.15) is 4.98 Å². The van der Waals surface area contributed by atoms with Gasteiger partial charge in [-0.3, -0.25) is 4.79 Å². The Morgan fingerprint density at radius 3 is 2.79 bits per heavy atom. The van der Waals surface area contributed by atoms with E-state index in [2.05, 4.69) is 10.1 Å². The number of nitrogens with zero attached hydrogens (tertiary/aromatic N) is 3. The molecule has 2 aromatic carbocycles. The molecule has 7 heteroatoms. The molecule has 1 amide bonds. The second kappa shape index (κ2) is 6.99. The van der Waals surface area contributed by atoms with Crippen LogP contribution in [0.2, 0.25) is 0 Å². The van der Waals surface area contributed by atoms with E-state index >= 15 is 0 Å². The summed E-state index contributed by atoms with van der Waals surface area (Å²) >= 11 is 0. The molecule has 2 aliphatic rings. The molecule has 0 saturated carbocycles. The van der Waals surface area contributed by atoms with Crippen LogP contribution in [-0.4, -0.2) is 34.3 Å². The van der Waals surface area contributed by atoms with Crippen molar-refractivity contribution in [2.75, 3.05) is 13.3 Å². The Hall–Kier alpha value is -3.35. The molecule has 3 aromatic rings. The molecule has 1 saturated heterocycles. The fraction of sp³-hybridized carbons (Fsp3) is 0.286. The predicted molar refractivity (Wildman–Crippen MR) is 99.9 cm³/mol. The van der Waals surface area contributed by atoms with E-state index in [-0.39, 0.29) is 18.7 Å². The average molecular weight is 377 g/mol. The van der Waals surface area contributed by atoms with E-state index in [1.165, 1.54) is 0 Å². The lowest BCUT2D eigenvalue weighted by Gasteiger charge is -2.33. The summed E-state index contributed by atoms with van der Waals surface area (Å²) in [6.45, 7) is 0.838. The molecule has 142 valence electrons. The third-order valence-corrected chi connectivity index (χ3v) is 5.14. The lowest BCUT2D eigenvalue weighted by molar-refractivity contribution is 0.0561. The zero-order valence-corrected chi connectivity index (χ0v) is 15.2. The Morgan fingerprint density at radius 1 is 1.04 bits per heavy atom. The summed E-state index contributed by atoms with van der Waals surface area (Å²) in [5, 5.41) is 4.11. The zero-order chi connectivity index (χ0) is 18.9. The first-order chi connectivity index (χ1) is 13.8. The number of hydrogen-bond acceptors (Lipinski definition) is 6. The minimum Gasteiger partial charge on any atom is -0.454 e. The van der Waals surface area contributed by atoms with E-state index in [0.29, 0.717) is 35.3 Å². The van der Waals surface area contributed by atoms with Crippen LogP contribution in [0.15, 0.2) is 53.1 Å². The van der Waals surface area contributed by atoms with Crippen molar-refractivity contribution in [3.63, 3.8) is 0 Å². The molecule has 7 nitrogen and oxygen atoms in total. The normalized spacial score (nSPS) is 18.3. The fourth-order valence-corrected chi connectivity index (χ4v) is 3.70. The molecule has 0 aliphatic carbocycles. The van der Waals surface area contributed by atoms with E-state index in [4.69, 9.17) is 14.0 Å². The summed E-state index contributed by atoms with van der Waals surface area (Å²) in [4.78, 5) is 19.6. The van der Waals surface area contributed by atoms with Crippen LogP contribution in [0.25, 0.3) is 11.4 Å². The minimum absolute atomic E-state index is 0.0672. The molecule has 1 aromatic heterocycles. The van der Waals surface area contributed by atoms with E-state index in [1.54, 1.807) is 18.2 Å². The van der Waals surface area contributed by atoms with Crippen LogP contribution in [-0.2, 0) is 0 Å². The van der Waals surface area contributed by atoms with E-state index < -0.39 is 0 Å². The second-order valence-electron chi connectivity index (χ2n) is 6.90. The molecule has 1 atom stereocenters. The molecule has 2 aliphatic heterocycles. The molecular formula is C21H19N3O4. The maximum Gasteiger partial charge on any atom is 0.254 e. The Bertz CT molecular complexity index is 1000. The molecule has 0 N–H and O–H groups in total. The number of piperidine rings is 1. The largest absolute Gasteiger partial charge is 0.454 e. The first-order valence-electron chi connectivity index (χ1n) is 9.39. The average Bonchev–Trinajstić information content (AvgIpc) is 3.43. The fourth-order valence-electron chi connectivity index (χ4n) is 3.70. The standard InChI is InChI=1S/C21H19N3O4/c25-21(15-9-10-17-18(12-15)27-13-26-17)24-11-5-4-8-16(24)20-22-19(23-28-20)14-6-2-1-3-7-14/h1-3,6-7,9-10,12,16H,4-5,8,11,13H2/t16-/m1/s1. The van der Waals surface area contributed by atoms with Crippen molar-refractivity contribution < 1.29 is 18.8 Å². The van der Waals surface area contributed by atoms with E-state index in [1.807, 2.05) is 35.2 Å². The Balaban J connectivity index is 1.42. The number of rotatable bonds is 3. The summed E-state index contributed by atoms with van der Waals surface area (Å²) in [5.74, 6) is 2.21. The van der Waals surface area contributed by atoms with Crippen LogP contribution in [0.4, 0.5) is 0 Å². The molecule has 0 spiro atoms. The van der Waals surface area contributed by atoms with Gasteiger partial charge in [-0.25, -0.2) is 0 Å². The second-order valence-corrected chi connectivity index (χ2v) is 6.90. The van der Waals surface area contributed by atoms with Gasteiger partial charge in [-0.05, 0) is 37.5 Å². The molecule has 0 unspecified atom stereocenters. The van der Waals surface area contributed by atoms with Crippen molar-refractivity contribution in [1.82, 2.24) is 15.0 Å². The lowest BCUT2D eigenvalue weighted by atomic mass is 10.0. The van der Waals surface area contributed by atoms with Gasteiger partial charge in [0.2, 0.25) is 18.5 Å². The number of ether oxygens (including phenoxy) is 2. The number of aromatic nitrogens is 2. The zero-order valence-electron chi connectivity index (χ0n) is 15.2. The van der Waals surface area contributed by atoms with Crippen LogP contribution in [0, 0.1) is 0 Å². The number of hydrogen-bond donors (Lipinski definition) is 0. The van der Waals surface area contributed by atoms with Crippen molar-refractivity contribution in [2.45, 2.75) is 25.3 Å². The third-order valence-electron chi connectivity index (χ3n) is 5.14. The molecule has 0 radical (unpaired) electrons. The maximum atomic E-state index is 13.2. The van der Waals surface area contributed by atoms with Gasteiger partial charge in [0, 0.05) is 17.7 Å². The Morgan fingerprint density at radius 2 is 1.89 bits per heavy atom. The predicted octanol–water partition coefficient (Wildman–Crippen LogP) is 3.83. The molecule has 28 heavy (non-hydrogen) atoms. The highest BCUT2D eigenvalue weighted by Gasteiger charge is 2.33. The van der Waals surface area contributed by atoms with Crippen molar-refractivity contribution in [2.24, 2.45) is 0 Å². The highest BCUT2D eigenvalue weighted by atomic mass is 16.7. The van der Waals surface area contributed by atoms with Gasteiger partial charge in [0.25, 0.3) is 5.91 Å². The first-order valence-corrected chi connectivity index (χ1v) is 9.39. The number of carbonyl (C=O) groups is 1. The smallest absolute Gasteiger partial charge is 0.254 e. The Labute approximate surface area is 161 Å². The van der Waals surface area contributed by atoms with Gasteiger partial charge < -0.3 is 18.9 Å². The molecule has 0 bridgehead atoms. The van der Waals surface area contributed by atoms with Gasteiger partial charge >= 0.3 is 0 Å². The van der Waals surface area contributed by atoms with Gasteiger partial charge in [0.05, 0.1) is 0 Å². The first kappa shape index (κ1) is 16.8. The van der Waals surface area contributed by atoms with Crippen molar-refractivity contribution in [3.05, 3.63) is 60.0 Å². The quantitative estimate of drug-likeness (QED) is 0.690. The Kier molecular flexibility index (Phi) is 4.20. The van der Waals surface area contributed by atoms with Crippen molar-refractivity contribution in [1.29, 1.82) is 0 Å². The lowest BCUT2D eigenvalue weighted by Crippen LogP contribution is -2.38. The van der Waals surface area contributed by atoms with E-state index in [9.17, 15) is 4.79 Å². The highest BCUT2D eigenvalue weighted by molar-refractivity contribution is 5.95. The number of fused-ring (bicyclic) bond motifs is 1. The number of likely N-dealkylation sites (tertiary alicyclic amines) is 1. The number of amides is 1. The van der Waals surface area contributed by atoms with Crippen LogP contribution in [0.1, 0.15) is 41.6 Å². The number of carbonyl (C=O) groups excluding carboxylic acids is 1. The van der Waals surface area contributed by atoms with Crippen molar-refractivity contribution >= 4 is 5.91 Å². The van der Waals surface area contributed by atoms with Gasteiger partial charge in [-0.15, -0.1) is 0 Å². The van der Waals surface area contributed by atoms with Crippen LogP contribution in [0.5, 0.6) is 11.5 Å². The number of benzene rings is 2. The third kappa shape index (κ3) is 2.98. The summed E-state index contributed by atoms with van der Waals surface area (Å²) < 4.78 is 16.3. The monoisotopic (exact) mass is 377 g/mol. The SMILES string of the molecule is O=C(c1ccc2c(c1)OCO2)N1CCCC[C@@H]1c1nc(-c2ccccc2)no1. The maximum absolute atomic E-state index is 13.2. The molecule has 1 fully saturated rings. The summed E-state index contributed by atoms with van der Waals surface area (Å²) in [6.07, 6.45) is 2.76. The topological polar surface area (TPSA) is 77.7 Å². The summed E-state index contributed by atoms with van der Waals surface area (Å²) in [5.41, 5.74) is 1.46. The molecule has 5 rings (SSSR count). The van der Waals surface area contributed by atoms with Crippen LogP contribution >= 0.6 is 0 Å². The van der Waals surface area contributed by atoms with Gasteiger partial charge in [0.15, 0.2) is 11.5 Å². The molecular weight excluding hydrogens is 358 g/mol. The highest BCUT2D eigenvalue weighted by Crippen LogP contribution is 2.36.